The van der Waals surface area contributed by atoms with Crippen molar-refractivity contribution >= 4 is 15.9 Å². The SMILES string of the molecule is CCC(C#N)C(NC)c1cc(Br)ccc1F. The van der Waals surface area contributed by atoms with Crippen LogP contribution in [0.15, 0.2) is 22.7 Å². The van der Waals surface area contributed by atoms with Gasteiger partial charge in [-0.25, -0.2) is 4.39 Å². The van der Waals surface area contributed by atoms with Gasteiger partial charge in [-0.05, 0) is 31.7 Å². The molecule has 0 fully saturated rings. The molecule has 0 aliphatic rings. The van der Waals surface area contributed by atoms with Crippen molar-refractivity contribution in [3.63, 3.8) is 0 Å². The van der Waals surface area contributed by atoms with Crippen LogP contribution in [0.2, 0.25) is 0 Å². The van der Waals surface area contributed by atoms with Crippen LogP contribution in [0.1, 0.15) is 24.9 Å². The van der Waals surface area contributed by atoms with Crippen molar-refractivity contribution in [3.05, 3.63) is 34.1 Å². The van der Waals surface area contributed by atoms with E-state index in [4.69, 9.17) is 5.26 Å². The van der Waals surface area contributed by atoms with Crippen LogP contribution < -0.4 is 5.32 Å². The molecule has 0 heterocycles. The summed E-state index contributed by atoms with van der Waals surface area (Å²) in [7, 11) is 1.74. The van der Waals surface area contributed by atoms with E-state index in [1.54, 1.807) is 19.2 Å². The van der Waals surface area contributed by atoms with Crippen LogP contribution in [0, 0.1) is 23.1 Å². The maximum Gasteiger partial charge on any atom is 0.128 e. The Morgan fingerprint density at radius 1 is 1.56 bits per heavy atom. The fourth-order valence-corrected chi connectivity index (χ4v) is 2.11. The minimum Gasteiger partial charge on any atom is -0.312 e. The average Bonchev–Trinajstić information content (AvgIpc) is 2.29. The first kappa shape index (κ1) is 13.1. The summed E-state index contributed by atoms with van der Waals surface area (Å²) in [6.45, 7) is 1.92. The number of nitriles is 1. The highest BCUT2D eigenvalue weighted by Crippen LogP contribution is 2.28. The van der Waals surface area contributed by atoms with Gasteiger partial charge in [0, 0.05) is 10.0 Å². The van der Waals surface area contributed by atoms with E-state index < -0.39 is 0 Å². The minimum absolute atomic E-state index is 0.228. The van der Waals surface area contributed by atoms with Crippen LogP contribution in [0.5, 0.6) is 0 Å². The van der Waals surface area contributed by atoms with Crippen molar-refractivity contribution in [1.29, 1.82) is 5.26 Å². The predicted octanol–water partition coefficient (Wildman–Crippen LogP) is 3.40. The zero-order valence-electron chi connectivity index (χ0n) is 9.30. The Labute approximate surface area is 104 Å². The number of benzene rings is 1. The molecule has 0 radical (unpaired) electrons. The summed E-state index contributed by atoms with van der Waals surface area (Å²) in [4.78, 5) is 0. The van der Waals surface area contributed by atoms with Crippen molar-refractivity contribution in [2.24, 2.45) is 5.92 Å². The third-order valence-electron chi connectivity index (χ3n) is 2.61. The van der Waals surface area contributed by atoms with Crippen molar-refractivity contribution in [1.82, 2.24) is 5.32 Å². The van der Waals surface area contributed by atoms with Gasteiger partial charge in [0.2, 0.25) is 0 Å². The molecule has 0 bridgehead atoms. The summed E-state index contributed by atoms with van der Waals surface area (Å²) < 4.78 is 14.5. The third-order valence-corrected chi connectivity index (χ3v) is 3.11. The minimum atomic E-state index is -0.281. The number of nitrogens with zero attached hydrogens (tertiary/aromatic N) is 1. The number of nitrogens with one attached hydrogen (secondary N) is 1. The lowest BCUT2D eigenvalue weighted by Gasteiger charge is -2.21. The zero-order chi connectivity index (χ0) is 12.1. The molecule has 0 amide bonds. The highest BCUT2D eigenvalue weighted by atomic mass is 79.9. The first-order valence-corrected chi connectivity index (χ1v) is 5.95. The van der Waals surface area contributed by atoms with Crippen LogP contribution in [-0.4, -0.2) is 7.05 Å². The monoisotopic (exact) mass is 284 g/mol. The van der Waals surface area contributed by atoms with E-state index >= 15 is 0 Å². The first-order valence-electron chi connectivity index (χ1n) is 5.15. The molecule has 2 unspecified atom stereocenters. The van der Waals surface area contributed by atoms with E-state index in [1.807, 2.05) is 6.92 Å². The molecule has 0 spiro atoms. The second kappa shape index (κ2) is 5.97. The summed E-state index contributed by atoms with van der Waals surface area (Å²) in [6.07, 6.45) is 0.688. The van der Waals surface area contributed by atoms with Gasteiger partial charge in [0.05, 0.1) is 18.0 Å². The van der Waals surface area contributed by atoms with E-state index in [2.05, 4.69) is 27.3 Å². The second-order valence-corrected chi connectivity index (χ2v) is 4.49. The molecule has 0 saturated heterocycles. The predicted molar refractivity (Wildman–Crippen MR) is 65.3 cm³/mol. The lowest BCUT2D eigenvalue weighted by atomic mass is 9.92. The maximum absolute atomic E-state index is 13.7. The Morgan fingerprint density at radius 2 is 2.25 bits per heavy atom. The van der Waals surface area contributed by atoms with Crippen LogP contribution in [0.25, 0.3) is 0 Å². The Kier molecular flexibility index (Phi) is 4.91. The maximum atomic E-state index is 13.7. The van der Waals surface area contributed by atoms with Gasteiger partial charge in [0.1, 0.15) is 5.82 Å². The molecule has 2 atom stereocenters. The van der Waals surface area contributed by atoms with Gasteiger partial charge in [-0.1, -0.05) is 22.9 Å². The van der Waals surface area contributed by atoms with E-state index in [9.17, 15) is 4.39 Å². The number of rotatable bonds is 4. The lowest BCUT2D eigenvalue weighted by molar-refractivity contribution is 0.430. The first-order chi connectivity index (χ1) is 7.63. The summed E-state index contributed by atoms with van der Waals surface area (Å²) in [5.41, 5.74) is 0.533. The fourth-order valence-electron chi connectivity index (χ4n) is 1.73. The standard InChI is InChI=1S/C12H14BrFN2/c1-3-8(7-15)12(16-2)10-6-9(13)4-5-11(10)14/h4-6,8,12,16H,3H2,1-2H3. The summed E-state index contributed by atoms with van der Waals surface area (Å²) in [6, 6.07) is 6.71. The molecule has 1 rings (SSSR count). The van der Waals surface area contributed by atoms with E-state index in [1.165, 1.54) is 6.07 Å². The Bertz CT molecular complexity index is 400. The highest BCUT2D eigenvalue weighted by molar-refractivity contribution is 9.10. The highest BCUT2D eigenvalue weighted by Gasteiger charge is 2.22. The van der Waals surface area contributed by atoms with Gasteiger partial charge >= 0.3 is 0 Å². The second-order valence-electron chi connectivity index (χ2n) is 3.58. The van der Waals surface area contributed by atoms with Crippen molar-refractivity contribution in [3.8, 4) is 6.07 Å². The van der Waals surface area contributed by atoms with Gasteiger partial charge in [0.25, 0.3) is 0 Å². The van der Waals surface area contributed by atoms with E-state index in [-0.39, 0.29) is 17.8 Å². The summed E-state index contributed by atoms with van der Waals surface area (Å²) in [5, 5.41) is 12.0. The van der Waals surface area contributed by atoms with Crippen LogP contribution >= 0.6 is 15.9 Å². The van der Waals surface area contributed by atoms with E-state index in [0.29, 0.717) is 12.0 Å². The third kappa shape index (κ3) is 2.81. The quantitative estimate of drug-likeness (QED) is 0.920. The smallest absolute Gasteiger partial charge is 0.128 e. The molecule has 0 saturated carbocycles. The van der Waals surface area contributed by atoms with Gasteiger partial charge < -0.3 is 5.32 Å². The number of halogens is 2. The van der Waals surface area contributed by atoms with Crippen molar-refractivity contribution in [2.75, 3.05) is 7.05 Å². The van der Waals surface area contributed by atoms with Crippen LogP contribution in [0.3, 0.4) is 0 Å². The van der Waals surface area contributed by atoms with Crippen molar-refractivity contribution < 1.29 is 4.39 Å². The molecule has 2 nitrogen and oxygen atoms in total. The van der Waals surface area contributed by atoms with Gasteiger partial charge in [0.15, 0.2) is 0 Å². The normalized spacial score (nSPS) is 14.2. The topological polar surface area (TPSA) is 35.8 Å². The Balaban J connectivity index is 3.13. The molecule has 0 aliphatic carbocycles. The molecular formula is C12H14BrFN2. The summed E-state index contributed by atoms with van der Waals surface area (Å²) >= 11 is 3.31. The Hall–Kier alpha value is -0.920. The average molecular weight is 285 g/mol. The van der Waals surface area contributed by atoms with Crippen molar-refractivity contribution in [2.45, 2.75) is 19.4 Å². The van der Waals surface area contributed by atoms with Gasteiger partial charge in [-0.3, -0.25) is 0 Å². The zero-order valence-corrected chi connectivity index (χ0v) is 10.9. The molecular weight excluding hydrogens is 271 g/mol. The fraction of sp³-hybridized carbons (Fsp3) is 0.417. The molecule has 1 aromatic carbocycles. The number of hydrogen-bond donors (Lipinski definition) is 1. The number of hydrogen-bond acceptors (Lipinski definition) is 2. The molecule has 1 aromatic rings. The largest absolute Gasteiger partial charge is 0.312 e. The Morgan fingerprint density at radius 3 is 2.75 bits per heavy atom. The van der Waals surface area contributed by atoms with Crippen LogP contribution in [-0.2, 0) is 0 Å². The molecule has 16 heavy (non-hydrogen) atoms. The lowest BCUT2D eigenvalue weighted by Crippen LogP contribution is -2.25. The molecule has 0 aromatic heterocycles. The molecule has 1 N–H and O–H groups in total. The summed E-state index contributed by atoms with van der Waals surface area (Å²) in [5.74, 6) is -0.509. The molecule has 86 valence electrons. The van der Waals surface area contributed by atoms with Gasteiger partial charge in [-0.15, -0.1) is 0 Å². The van der Waals surface area contributed by atoms with E-state index in [0.717, 1.165) is 4.47 Å². The van der Waals surface area contributed by atoms with Crippen LogP contribution in [0.4, 0.5) is 4.39 Å². The molecule has 4 heteroatoms. The van der Waals surface area contributed by atoms with Gasteiger partial charge in [-0.2, -0.15) is 5.26 Å². The molecule has 0 aliphatic heterocycles.